The molecule has 0 bridgehead atoms. The smallest absolute Gasteiger partial charge is 0.139 e. The minimum atomic E-state index is -0.833. The molecule has 1 aliphatic heterocycles. The van der Waals surface area contributed by atoms with E-state index in [4.69, 9.17) is 27.9 Å². The number of rotatable bonds is 2. The first-order valence-corrected chi connectivity index (χ1v) is 6.29. The molecule has 0 aliphatic carbocycles. The minimum absolute atomic E-state index is 0.300. The van der Waals surface area contributed by atoms with Gasteiger partial charge in [-0.25, -0.2) is 0 Å². The Balaban J connectivity index is 2.14. The summed E-state index contributed by atoms with van der Waals surface area (Å²) in [6.45, 7) is 3.19. The van der Waals surface area contributed by atoms with Crippen LogP contribution in [0.1, 0.15) is 13.3 Å². The van der Waals surface area contributed by atoms with Crippen LogP contribution in [0.5, 0.6) is 5.75 Å². The summed E-state index contributed by atoms with van der Waals surface area (Å²) in [5.74, 6) is 0.580. The van der Waals surface area contributed by atoms with E-state index in [-0.39, 0.29) is 6.10 Å². The fourth-order valence-corrected chi connectivity index (χ4v) is 2.39. The molecule has 17 heavy (non-hydrogen) atoms. The second-order valence-corrected chi connectivity index (χ2v) is 5.40. The molecule has 1 fully saturated rings. The Morgan fingerprint density at radius 1 is 1.35 bits per heavy atom. The van der Waals surface area contributed by atoms with Crippen LogP contribution in [0.2, 0.25) is 10.0 Å². The van der Waals surface area contributed by atoms with E-state index in [1.54, 1.807) is 25.1 Å². The van der Waals surface area contributed by atoms with Gasteiger partial charge in [0, 0.05) is 16.6 Å². The Bertz CT molecular complexity index is 389. The molecule has 1 aromatic rings. The third-order valence-corrected chi connectivity index (χ3v) is 3.38. The highest BCUT2D eigenvalue weighted by Gasteiger charge is 2.36. The van der Waals surface area contributed by atoms with Crippen LogP contribution in [0, 0.1) is 0 Å². The fraction of sp³-hybridized carbons (Fsp3) is 0.500. The highest BCUT2D eigenvalue weighted by atomic mass is 35.5. The number of halogens is 2. The van der Waals surface area contributed by atoms with Crippen molar-refractivity contribution in [1.82, 2.24) is 5.32 Å². The number of ether oxygens (including phenoxy) is 1. The molecule has 1 aromatic carbocycles. The zero-order chi connectivity index (χ0) is 12.5. The van der Waals surface area contributed by atoms with E-state index in [0.717, 1.165) is 6.54 Å². The van der Waals surface area contributed by atoms with Crippen molar-refractivity contribution >= 4 is 23.2 Å². The van der Waals surface area contributed by atoms with E-state index >= 15 is 0 Å². The summed E-state index contributed by atoms with van der Waals surface area (Å²) in [6.07, 6.45) is 0.358. The number of aliphatic hydroxyl groups is 1. The van der Waals surface area contributed by atoms with Crippen LogP contribution >= 0.6 is 23.2 Å². The van der Waals surface area contributed by atoms with Gasteiger partial charge in [0.25, 0.3) is 0 Å². The third kappa shape index (κ3) is 3.26. The molecular formula is C12H15Cl2NO2. The second-order valence-electron chi connectivity index (χ2n) is 4.52. The second kappa shape index (κ2) is 5.02. The minimum Gasteiger partial charge on any atom is -0.486 e. The number of nitrogens with one attached hydrogen (secondary N) is 1. The van der Waals surface area contributed by atoms with Crippen LogP contribution < -0.4 is 10.1 Å². The standard InChI is InChI=1S/C12H15Cl2NO2/c1-12(16)2-3-15-7-11(12)17-10-5-8(13)4-9(14)6-10/h4-6,11,15-16H,2-3,7H2,1H3. The van der Waals surface area contributed by atoms with Crippen molar-refractivity contribution in [2.45, 2.75) is 25.0 Å². The van der Waals surface area contributed by atoms with Crippen molar-refractivity contribution in [3.05, 3.63) is 28.2 Å². The summed E-state index contributed by atoms with van der Waals surface area (Å²) in [4.78, 5) is 0. The van der Waals surface area contributed by atoms with Crippen LogP contribution in [0.4, 0.5) is 0 Å². The van der Waals surface area contributed by atoms with Crippen LogP contribution in [-0.4, -0.2) is 29.9 Å². The lowest BCUT2D eigenvalue weighted by molar-refractivity contribution is -0.0657. The largest absolute Gasteiger partial charge is 0.486 e. The van der Waals surface area contributed by atoms with E-state index in [1.165, 1.54) is 0 Å². The first-order valence-electron chi connectivity index (χ1n) is 5.53. The van der Waals surface area contributed by atoms with Crippen LogP contribution in [0.15, 0.2) is 18.2 Å². The maximum atomic E-state index is 10.2. The topological polar surface area (TPSA) is 41.5 Å². The van der Waals surface area contributed by atoms with Gasteiger partial charge in [0.1, 0.15) is 17.5 Å². The molecule has 0 radical (unpaired) electrons. The first-order chi connectivity index (χ1) is 7.97. The Kier molecular flexibility index (Phi) is 3.83. The summed E-state index contributed by atoms with van der Waals surface area (Å²) >= 11 is 11.8. The Morgan fingerprint density at radius 2 is 2.00 bits per heavy atom. The lowest BCUT2D eigenvalue weighted by Gasteiger charge is -2.37. The average molecular weight is 276 g/mol. The van der Waals surface area contributed by atoms with E-state index in [1.807, 2.05) is 0 Å². The molecule has 5 heteroatoms. The number of piperidine rings is 1. The fourth-order valence-electron chi connectivity index (χ4n) is 1.88. The quantitative estimate of drug-likeness (QED) is 0.872. The van der Waals surface area contributed by atoms with Gasteiger partial charge in [0.2, 0.25) is 0 Å². The molecule has 2 atom stereocenters. The van der Waals surface area contributed by atoms with Crippen LogP contribution in [0.3, 0.4) is 0 Å². The zero-order valence-electron chi connectivity index (χ0n) is 9.54. The first kappa shape index (κ1) is 13.0. The van der Waals surface area contributed by atoms with Crippen molar-refractivity contribution in [3.63, 3.8) is 0 Å². The maximum absolute atomic E-state index is 10.2. The molecule has 1 heterocycles. The molecule has 0 aromatic heterocycles. The maximum Gasteiger partial charge on any atom is 0.139 e. The Hall–Kier alpha value is -0.480. The lowest BCUT2D eigenvalue weighted by atomic mass is 9.92. The predicted molar refractivity (Wildman–Crippen MR) is 69.0 cm³/mol. The third-order valence-electron chi connectivity index (χ3n) is 2.95. The molecule has 0 spiro atoms. The van der Waals surface area contributed by atoms with Gasteiger partial charge in [0.05, 0.1) is 0 Å². The van der Waals surface area contributed by atoms with E-state index < -0.39 is 5.60 Å². The summed E-state index contributed by atoms with van der Waals surface area (Å²) < 4.78 is 5.75. The molecular weight excluding hydrogens is 261 g/mol. The van der Waals surface area contributed by atoms with Crippen molar-refractivity contribution in [2.24, 2.45) is 0 Å². The van der Waals surface area contributed by atoms with E-state index in [9.17, 15) is 5.11 Å². The number of hydrogen-bond donors (Lipinski definition) is 2. The monoisotopic (exact) mass is 275 g/mol. The van der Waals surface area contributed by atoms with Crippen molar-refractivity contribution in [3.8, 4) is 5.75 Å². The summed E-state index contributed by atoms with van der Waals surface area (Å²) in [7, 11) is 0. The Morgan fingerprint density at radius 3 is 2.59 bits per heavy atom. The van der Waals surface area contributed by atoms with Crippen LogP contribution in [-0.2, 0) is 0 Å². The average Bonchev–Trinajstić information content (AvgIpc) is 2.19. The SMILES string of the molecule is CC1(O)CCNCC1Oc1cc(Cl)cc(Cl)c1. The summed E-state index contributed by atoms with van der Waals surface area (Å²) in [5, 5.41) is 14.4. The van der Waals surface area contributed by atoms with E-state index in [2.05, 4.69) is 5.32 Å². The van der Waals surface area contributed by atoms with Gasteiger partial charge in [-0.15, -0.1) is 0 Å². The van der Waals surface area contributed by atoms with Gasteiger partial charge in [-0.2, -0.15) is 0 Å². The van der Waals surface area contributed by atoms with Gasteiger partial charge in [-0.05, 0) is 38.1 Å². The lowest BCUT2D eigenvalue weighted by Crippen LogP contribution is -2.54. The van der Waals surface area contributed by atoms with Crippen molar-refractivity contribution < 1.29 is 9.84 Å². The molecule has 2 N–H and O–H groups in total. The van der Waals surface area contributed by atoms with Gasteiger partial charge in [0.15, 0.2) is 0 Å². The normalized spacial score (nSPS) is 29.1. The number of hydrogen-bond acceptors (Lipinski definition) is 3. The molecule has 1 aliphatic rings. The molecule has 0 saturated carbocycles. The molecule has 2 rings (SSSR count). The number of benzene rings is 1. The van der Waals surface area contributed by atoms with Gasteiger partial charge < -0.3 is 15.2 Å². The zero-order valence-corrected chi connectivity index (χ0v) is 11.1. The highest BCUT2D eigenvalue weighted by Crippen LogP contribution is 2.28. The molecule has 3 nitrogen and oxygen atoms in total. The molecule has 0 amide bonds. The van der Waals surface area contributed by atoms with Gasteiger partial charge in [-0.1, -0.05) is 23.2 Å². The molecule has 94 valence electrons. The van der Waals surface area contributed by atoms with Gasteiger partial charge >= 0.3 is 0 Å². The van der Waals surface area contributed by atoms with E-state index in [0.29, 0.717) is 28.8 Å². The van der Waals surface area contributed by atoms with Crippen molar-refractivity contribution in [1.29, 1.82) is 0 Å². The van der Waals surface area contributed by atoms with Crippen molar-refractivity contribution in [2.75, 3.05) is 13.1 Å². The van der Waals surface area contributed by atoms with Gasteiger partial charge in [-0.3, -0.25) is 0 Å². The molecule has 1 saturated heterocycles. The highest BCUT2D eigenvalue weighted by molar-refractivity contribution is 6.34. The summed E-state index contributed by atoms with van der Waals surface area (Å²) in [5.41, 5.74) is -0.833. The predicted octanol–water partition coefficient (Wildman–Crippen LogP) is 2.49. The summed E-state index contributed by atoms with van der Waals surface area (Å²) in [6, 6.07) is 5.03. The Labute approximate surface area is 111 Å². The van der Waals surface area contributed by atoms with Crippen LogP contribution in [0.25, 0.3) is 0 Å². The molecule has 2 unspecified atom stereocenters.